The van der Waals surface area contributed by atoms with Gasteiger partial charge < -0.3 is 10.0 Å². The van der Waals surface area contributed by atoms with E-state index in [1.807, 2.05) is 6.07 Å². The number of anilines is 1. The lowest BCUT2D eigenvalue weighted by Crippen LogP contribution is -2.16. The van der Waals surface area contributed by atoms with Gasteiger partial charge in [-0.1, -0.05) is 11.6 Å². The van der Waals surface area contributed by atoms with E-state index in [0.29, 0.717) is 16.6 Å². The summed E-state index contributed by atoms with van der Waals surface area (Å²) in [6.45, 7) is 0.536. The fourth-order valence-corrected chi connectivity index (χ4v) is 2.99. The van der Waals surface area contributed by atoms with Gasteiger partial charge >= 0.3 is 5.97 Å². The summed E-state index contributed by atoms with van der Waals surface area (Å²) in [4.78, 5) is 24.1. The maximum Gasteiger partial charge on any atom is 0.342 e. The van der Waals surface area contributed by atoms with Crippen LogP contribution >= 0.6 is 22.9 Å². The van der Waals surface area contributed by atoms with Crippen molar-refractivity contribution in [2.75, 3.05) is 11.9 Å². The lowest BCUT2D eigenvalue weighted by atomic mass is 10.1. The Morgan fingerprint density at radius 2 is 2.14 bits per heavy atom. The quantitative estimate of drug-likeness (QED) is 0.669. The molecule has 0 amide bonds. The molecule has 8 heteroatoms. The average molecular weight is 327 g/mol. The number of halogens is 1. The minimum Gasteiger partial charge on any atom is -0.477 e. The van der Waals surface area contributed by atoms with E-state index in [1.54, 1.807) is 18.0 Å². The SMILES string of the molecule is CN(Cc1ccc(Cl)s1)c1ccc([N+](=O)[O-])c(C(=O)O)c1. The third-order valence-corrected chi connectivity index (χ3v) is 4.09. The Hall–Kier alpha value is -2.12. The maximum atomic E-state index is 11.1. The molecule has 110 valence electrons. The number of nitro benzene ring substituents is 1. The second-order valence-electron chi connectivity index (χ2n) is 4.33. The Morgan fingerprint density at radius 3 is 2.67 bits per heavy atom. The van der Waals surface area contributed by atoms with Crippen LogP contribution in [0.3, 0.4) is 0 Å². The molecule has 1 aromatic heterocycles. The van der Waals surface area contributed by atoms with Crippen molar-refractivity contribution in [2.24, 2.45) is 0 Å². The topological polar surface area (TPSA) is 83.7 Å². The van der Waals surface area contributed by atoms with Crippen LogP contribution in [0, 0.1) is 10.1 Å². The van der Waals surface area contributed by atoms with Gasteiger partial charge in [-0.2, -0.15) is 0 Å². The van der Waals surface area contributed by atoms with Crippen molar-refractivity contribution in [3.63, 3.8) is 0 Å². The molecule has 0 fully saturated rings. The summed E-state index contributed by atoms with van der Waals surface area (Å²) in [5.74, 6) is -1.32. The smallest absolute Gasteiger partial charge is 0.342 e. The van der Waals surface area contributed by atoms with Crippen LogP contribution < -0.4 is 4.90 Å². The Bertz CT molecular complexity index is 701. The molecule has 0 spiro atoms. The molecule has 6 nitrogen and oxygen atoms in total. The number of carboxylic acids is 1. The summed E-state index contributed by atoms with van der Waals surface area (Å²) in [7, 11) is 1.78. The Kier molecular flexibility index (Phi) is 4.44. The number of hydrogen-bond acceptors (Lipinski definition) is 5. The Balaban J connectivity index is 2.29. The molecule has 0 atom stereocenters. The molecule has 1 N–H and O–H groups in total. The number of nitrogens with zero attached hydrogens (tertiary/aromatic N) is 2. The molecule has 21 heavy (non-hydrogen) atoms. The van der Waals surface area contributed by atoms with E-state index < -0.39 is 16.6 Å². The van der Waals surface area contributed by atoms with Gasteiger partial charge in [0.1, 0.15) is 5.56 Å². The fraction of sp³-hybridized carbons (Fsp3) is 0.154. The zero-order valence-electron chi connectivity index (χ0n) is 10.9. The molecule has 0 bridgehead atoms. The van der Waals surface area contributed by atoms with Crippen LogP contribution in [0.15, 0.2) is 30.3 Å². The van der Waals surface area contributed by atoms with Crippen molar-refractivity contribution in [3.05, 3.63) is 55.2 Å². The molecule has 2 rings (SSSR count). The first-order chi connectivity index (χ1) is 9.88. The van der Waals surface area contributed by atoms with Gasteiger partial charge in [-0.3, -0.25) is 10.1 Å². The van der Waals surface area contributed by atoms with Crippen molar-refractivity contribution in [1.29, 1.82) is 0 Å². The summed E-state index contributed by atoms with van der Waals surface area (Å²) in [6.07, 6.45) is 0. The molecule has 0 unspecified atom stereocenters. The van der Waals surface area contributed by atoms with Crippen LogP contribution in [-0.2, 0) is 6.54 Å². The van der Waals surface area contributed by atoms with Gasteiger partial charge in [0.05, 0.1) is 15.8 Å². The van der Waals surface area contributed by atoms with Crippen LogP contribution in [-0.4, -0.2) is 23.0 Å². The predicted octanol–water partition coefficient (Wildman–Crippen LogP) is 3.64. The number of nitro groups is 1. The molecule has 0 aliphatic carbocycles. The van der Waals surface area contributed by atoms with Crippen molar-refractivity contribution < 1.29 is 14.8 Å². The monoisotopic (exact) mass is 326 g/mol. The average Bonchev–Trinajstić information content (AvgIpc) is 2.83. The van der Waals surface area contributed by atoms with E-state index in [-0.39, 0.29) is 5.56 Å². The van der Waals surface area contributed by atoms with Crippen LogP contribution in [0.25, 0.3) is 0 Å². The second-order valence-corrected chi connectivity index (χ2v) is 6.13. The third-order valence-electron chi connectivity index (χ3n) is 2.87. The molecule has 0 saturated carbocycles. The summed E-state index contributed by atoms with van der Waals surface area (Å²) in [6, 6.07) is 7.70. The van der Waals surface area contributed by atoms with E-state index in [2.05, 4.69) is 0 Å². The standard InChI is InChI=1S/C13H11ClN2O4S/c1-15(7-9-3-5-12(14)21-9)8-2-4-11(16(19)20)10(6-8)13(17)18/h2-6H,7H2,1H3,(H,17,18). The first-order valence-electron chi connectivity index (χ1n) is 5.85. The summed E-state index contributed by atoms with van der Waals surface area (Å²) >= 11 is 7.29. The van der Waals surface area contributed by atoms with Crippen LogP contribution in [0.1, 0.15) is 15.2 Å². The van der Waals surface area contributed by atoms with E-state index >= 15 is 0 Å². The van der Waals surface area contributed by atoms with Crippen molar-refractivity contribution in [1.82, 2.24) is 0 Å². The number of carboxylic acid groups (broad SMARTS) is 1. The molecule has 0 aliphatic rings. The zero-order chi connectivity index (χ0) is 15.6. The summed E-state index contributed by atoms with van der Waals surface area (Å²) < 4.78 is 0.674. The number of benzene rings is 1. The highest BCUT2D eigenvalue weighted by molar-refractivity contribution is 7.16. The molecule has 0 aliphatic heterocycles. The van der Waals surface area contributed by atoms with Gasteiger partial charge in [0.15, 0.2) is 0 Å². The Morgan fingerprint density at radius 1 is 1.43 bits per heavy atom. The van der Waals surface area contributed by atoms with E-state index in [1.165, 1.54) is 29.5 Å². The number of hydrogen-bond donors (Lipinski definition) is 1. The fourth-order valence-electron chi connectivity index (χ4n) is 1.85. The van der Waals surface area contributed by atoms with Gasteiger partial charge in [0, 0.05) is 23.7 Å². The normalized spacial score (nSPS) is 10.4. The highest BCUT2D eigenvalue weighted by Gasteiger charge is 2.21. The van der Waals surface area contributed by atoms with E-state index in [4.69, 9.17) is 16.7 Å². The third kappa shape index (κ3) is 3.50. The van der Waals surface area contributed by atoms with Gasteiger partial charge in [0.25, 0.3) is 5.69 Å². The minimum atomic E-state index is -1.32. The highest BCUT2D eigenvalue weighted by atomic mass is 35.5. The van der Waals surface area contributed by atoms with Gasteiger partial charge in [0.2, 0.25) is 0 Å². The molecular formula is C13H11ClN2O4S. The van der Waals surface area contributed by atoms with Crippen LogP contribution in [0.2, 0.25) is 4.34 Å². The van der Waals surface area contributed by atoms with Crippen molar-refractivity contribution >= 4 is 40.3 Å². The predicted molar refractivity (Wildman–Crippen MR) is 81.5 cm³/mol. The number of thiophene rings is 1. The second kappa shape index (κ2) is 6.11. The zero-order valence-corrected chi connectivity index (χ0v) is 12.5. The van der Waals surface area contributed by atoms with Gasteiger partial charge in [-0.05, 0) is 24.3 Å². The van der Waals surface area contributed by atoms with Crippen molar-refractivity contribution in [3.8, 4) is 0 Å². The van der Waals surface area contributed by atoms with E-state index in [9.17, 15) is 14.9 Å². The first kappa shape index (κ1) is 15.3. The largest absolute Gasteiger partial charge is 0.477 e. The molecule has 1 aromatic carbocycles. The van der Waals surface area contributed by atoms with E-state index in [0.717, 1.165) is 4.88 Å². The highest BCUT2D eigenvalue weighted by Crippen LogP contribution is 2.27. The summed E-state index contributed by atoms with van der Waals surface area (Å²) in [5.41, 5.74) is -0.157. The van der Waals surface area contributed by atoms with Gasteiger partial charge in [-0.25, -0.2) is 4.79 Å². The minimum absolute atomic E-state index is 0.325. The first-order valence-corrected chi connectivity index (χ1v) is 7.05. The molecule has 2 aromatic rings. The lowest BCUT2D eigenvalue weighted by Gasteiger charge is -2.18. The number of rotatable bonds is 5. The van der Waals surface area contributed by atoms with Crippen molar-refractivity contribution in [2.45, 2.75) is 6.54 Å². The number of aromatic carboxylic acids is 1. The maximum absolute atomic E-state index is 11.1. The number of carbonyl (C=O) groups is 1. The Labute approximate surface area is 129 Å². The van der Waals surface area contributed by atoms with Crippen LogP contribution in [0.4, 0.5) is 11.4 Å². The van der Waals surface area contributed by atoms with Crippen LogP contribution in [0.5, 0.6) is 0 Å². The molecule has 0 saturated heterocycles. The molecule has 1 heterocycles. The molecule has 0 radical (unpaired) electrons. The van der Waals surface area contributed by atoms with Gasteiger partial charge in [-0.15, -0.1) is 11.3 Å². The molecular weight excluding hydrogens is 316 g/mol. The summed E-state index contributed by atoms with van der Waals surface area (Å²) in [5, 5.41) is 19.9. The lowest BCUT2D eigenvalue weighted by molar-refractivity contribution is -0.385.